The van der Waals surface area contributed by atoms with Gasteiger partial charge in [0, 0.05) is 33.1 Å². The fraction of sp³-hybridized carbons (Fsp3) is 0.429. The highest BCUT2D eigenvalue weighted by Crippen LogP contribution is 2.31. The molecule has 1 aromatic carbocycles. The molecule has 0 unspecified atom stereocenters. The van der Waals surface area contributed by atoms with Crippen LogP contribution in [0.5, 0.6) is 5.75 Å². The minimum absolute atomic E-state index is 0.00439. The summed E-state index contributed by atoms with van der Waals surface area (Å²) in [4.78, 5) is 24.4. The summed E-state index contributed by atoms with van der Waals surface area (Å²) in [6, 6.07) is 4.19. The van der Waals surface area contributed by atoms with E-state index in [4.69, 9.17) is 4.74 Å². The third-order valence-electron chi connectivity index (χ3n) is 3.32. The molecular weight excluding hydrogens is 322 g/mol. The summed E-state index contributed by atoms with van der Waals surface area (Å²) < 4.78 is 32.2. The summed E-state index contributed by atoms with van der Waals surface area (Å²) >= 11 is 0. The number of fused-ring (bicyclic) bond motifs is 1. The molecule has 1 aromatic rings. The minimum Gasteiger partial charge on any atom is -0.479 e. The van der Waals surface area contributed by atoms with Crippen LogP contribution in [0.1, 0.15) is 13.3 Å². The van der Waals surface area contributed by atoms with Gasteiger partial charge in [0.25, 0.3) is 5.91 Å². The van der Waals surface area contributed by atoms with Crippen molar-refractivity contribution in [3.63, 3.8) is 0 Å². The molecule has 0 radical (unpaired) electrons. The topological polar surface area (TPSA) is 105 Å². The molecule has 1 heterocycles. The van der Waals surface area contributed by atoms with Crippen LogP contribution >= 0.6 is 0 Å². The van der Waals surface area contributed by atoms with E-state index in [0.717, 1.165) is 0 Å². The fourth-order valence-electron chi connectivity index (χ4n) is 1.95. The van der Waals surface area contributed by atoms with Gasteiger partial charge in [0.1, 0.15) is 5.75 Å². The van der Waals surface area contributed by atoms with Crippen molar-refractivity contribution in [3.8, 4) is 5.75 Å². The Balaban J connectivity index is 2.10. The van der Waals surface area contributed by atoms with Crippen molar-refractivity contribution in [2.24, 2.45) is 0 Å². The zero-order chi connectivity index (χ0) is 17.2. The number of hydrogen-bond donors (Lipinski definition) is 2. The highest BCUT2D eigenvalue weighted by Gasteiger charge is 2.25. The SMILES string of the molecule is C[C@@H]1Oc2cc(S(=O)(=O)NCCC(=O)N(C)C)ccc2NC1=O. The van der Waals surface area contributed by atoms with E-state index >= 15 is 0 Å². The smallest absolute Gasteiger partial charge is 0.265 e. The first-order valence-corrected chi connectivity index (χ1v) is 8.50. The highest BCUT2D eigenvalue weighted by atomic mass is 32.2. The van der Waals surface area contributed by atoms with E-state index in [1.54, 1.807) is 21.0 Å². The van der Waals surface area contributed by atoms with Gasteiger partial charge in [-0.3, -0.25) is 9.59 Å². The van der Waals surface area contributed by atoms with Gasteiger partial charge in [0.05, 0.1) is 10.6 Å². The molecule has 9 heteroatoms. The van der Waals surface area contributed by atoms with Crippen molar-refractivity contribution in [1.29, 1.82) is 0 Å². The molecule has 0 aromatic heterocycles. The molecular formula is C14H19N3O5S. The molecule has 126 valence electrons. The maximum absolute atomic E-state index is 12.2. The second kappa shape index (κ2) is 6.55. The molecule has 2 amide bonds. The van der Waals surface area contributed by atoms with Crippen LogP contribution in [0.2, 0.25) is 0 Å². The monoisotopic (exact) mass is 341 g/mol. The Hall–Kier alpha value is -2.13. The van der Waals surface area contributed by atoms with E-state index in [0.29, 0.717) is 11.4 Å². The summed E-state index contributed by atoms with van der Waals surface area (Å²) in [5.41, 5.74) is 0.426. The van der Waals surface area contributed by atoms with Crippen LogP contribution in [0.15, 0.2) is 23.1 Å². The Morgan fingerprint density at radius 3 is 2.74 bits per heavy atom. The molecule has 0 aliphatic carbocycles. The first kappa shape index (κ1) is 17.2. The molecule has 0 bridgehead atoms. The molecule has 2 N–H and O–H groups in total. The van der Waals surface area contributed by atoms with E-state index in [1.165, 1.54) is 23.1 Å². The lowest BCUT2D eigenvalue weighted by atomic mass is 10.2. The first-order valence-electron chi connectivity index (χ1n) is 7.02. The van der Waals surface area contributed by atoms with Crippen molar-refractivity contribution in [2.45, 2.75) is 24.3 Å². The van der Waals surface area contributed by atoms with Gasteiger partial charge < -0.3 is 15.0 Å². The van der Waals surface area contributed by atoms with Gasteiger partial charge in [-0.1, -0.05) is 0 Å². The third-order valence-corrected chi connectivity index (χ3v) is 4.78. The van der Waals surface area contributed by atoms with Gasteiger partial charge in [-0.2, -0.15) is 0 Å². The number of nitrogens with one attached hydrogen (secondary N) is 2. The van der Waals surface area contributed by atoms with Crippen LogP contribution in [-0.4, -0.2) is 51.9 Å². The van der Waals surface area contributed by atoms with Crippen LogP contribution < -0.4 is 14.8 Å². The second-order valence-corrected chi connectivity index (χ2v) is 7.11. The van der Waals surface area contributed by atoms with E-state index in [2.05, 4.69) is 10.0 Å². The molecule has 0 spiro atoms. The number of sulfonamides is 1. The van der Waals surface area contributed by atoms with Gasteiger partial charge >= 0.3 is 0 Å². The lowest BCUT2D eigenvalue weighted by molar-refractivity contribution is -0.128. The van der Waals surface area contributed by atoms with Crippen molar-refractivity contribution in [2.75, 3.05) is 26.0 Å². The largest absolute Gasteiger partial charge is 0.479 e. The predicted molar refractivity (Wildman–Crippen MR) is 83.7 cm³/mol. The highest BCUT2D eigenvalue weighted by molar-refractivity contribution is 7.89. The Morgan fingerprint density at radius 1 is 1.39 bits per heavy atom. The summed E-state index contributed by atoms with van der Waals surface area (Å²) in [6.07, 6.45) is -0.619. The molecule has 0 saturated heterocycles. The maximum atomic E-state index is 12.2. The average Bonchev–Trinajstić information content (AvgIpc) is 2.47. The molecule has 8 nitrogen and oxygen atoms in total. The van der Waals surface area contributed by atoms with Crippen molar-refractivity contribution >= 4 is 27.5 Å². The molecule has 0 saturated carbocycles. The van der Waals surface area contributed by atoms with Gasteiger partial charge in [-0.05, 0) is 19.1 Å². The summed E-state index contributed by atoms with van der Waals surface area (Å²) in [5, 5.41) is 2.63. The standard InChI is InChI=1S/C14H19N3O5S/c1-9-14(19)16-11-5-4-10(8-12(11)22-9)23(20,21)15-7-6-13(18)17(2)3/h4-5,8-9,15H,6-7H2,1-3H3,(H,16,19)/t9-/m0/s1. The Morgan fingerprint density at radius 2 is 2.09 bits per heavy atom. The number of ether oxygens (including phenoxy) is 1. The predicted octanol–water partition coefficient (Wildman–Crippen LogP) is 0.163. The van der Waals surface area contributed by atoms with Crippen LogP contribution in [0.4, 0.5) is 5.69 Å². The van der Waals surface area contributed by atoms with Crippen LogP contribution in [-0.2, 0) is 19.6 Å². The van der Waals surface area contributed by atoms with Crippen LogP contribution in [0.3, 0.4) is 0 Å². The molecule has 1 aliphatic heterocycles. The van der Waals surface area contributed by atoms with E-state index in [1.807, 2.05) is 0 Å². The number of nitrogens with zero attached hydrogens (tertiary/aromatic N) is 1. The lowest BCUT2D eigenvalue weighted by Gasteiger charge is -2.23. The number of rotatable bonds is 5. The van der Waals surface area contributed by atoms with Crippen molar-refractivity contribution in [1.82, 2.24) is 9.62 Å². The Kier molecular flexibility index (Phi) is 4.90. The summed E-state index contributed by atoms with van der Waals surface area (Å²) in [7, 11) is -0.551. The zero-order valence-electron chi connectivity index (χ0n) is 13.1. The molecule has 23 heavy (non-hydrogen) atoms. The number of carbonyl (C=O) groups excluding carboxylic acids is 2. The molecule has 0 fully saturated rings. The zero-order valence-corrected chi connectivity index (χ0v) is 13.9. The average molecular weight is 341 g/mol. The summed E-state index contributed by atoms with van der Waals surface area (Å²) in [6.45, 7) is 1.58. The second-order valence-electron chi connectivity index (χ2n) is 5.34. The van der Waals surface area contributed by atoms with Crippen LogP contribution in [0, 0.1) is 0 Å². The van der Waals surface area contributed by atoms with Crippen molar-refractivity contribution < 1.29 is 22.7 Å². The molecule has 1 aliphatic rings. The van der Waals surface area contributed by atoms with E-state index in [-0.39, 0.29) is 29.7 Å². The number of hydrogen-bond acceptors (Lipinski definition) is 5. The van der Waals surface area contributed by atoms with Gasteiger partial charge in [0.15, 0.2) is 6.10 Å². The Labute approximate surface area is 134 Å². The van der Waals surface area contributed by atoms with Crippen LogP contribution in [0.25, 0.3) is 0 Å². The van der Waals surface area contributed by atoms with E-state index in [9.17, 15) is 18.0 Å². The molecule has 2 rings (SSSR count). The number of anilines is 1. The quantitative estimate of drug-likeness (QED) is 0.794. The maximum Gasteiger partial charge on any atom is 0.265 e. The third kappa shape index (κ3) is 3.99. The Bertz CT molecular complexity index is 730. The first-order chi connectivity index (χ1) is 10.7. The van der Waals surface area contributed by atoms with Gasteiger partial charge in [-0.25, -0.2) is 13.1 Å². The van der Waals surface area contributed by atoms with Crippen molar-refractivity contribution in [3.05, 3.63) is 18.2 Å². The fourth-order valence-corrected chi connectivity index (χ4v) is 3.00. The van der Waals surface area contributed by atoms with Gasteiger partial charge in [0.2, 0.25) is 15.9 Å². The van der Waals surface area contributed by atoms with E-state index < -0.39 is 16.1 Å². The number of amides is 2. The van der Waals surface area contributed by atoms with Gasteiger partial charge in [-0.15, -0.1) is 0 Å². The lowest BCUT2D eigenvalue weighted by Crippen LogP contribution is -2.34. The normalized spacial score (nSPS) is 17.0. The minimum atomic E-state index is -3.76. The summed E-state index contributed by atoms with van der Waals surface area (Å²) in [5.74, 6) is -0.157. The molecule has 1 atom stereocenters. The number of carbonyl (C=O) groups is 2. The number of benzene rings is 1.